The summed E-state index contributed by atoms with van der Waals surface area (Å²) in [5.41, 5.74) is 0.449. The molecule has 2 aromatic rings. The number of ether oxygens (including phenoxy) is 1. The molecule has 0 aliphatic rings. The smallest absolute Gasteiger partial charge is 0.327 e. The topological polar surface area (TPSA) is 64.4 Å². The lowest BCUT2D eigenvalue weighted by Crippen LogP contribution is -2.06. The van der Waals surface area contributed by atoms with Crippen molar-refractivity contribution in [2.75, 3.05) is 17.3 Å². The van der Waals surface area contributed by atoms with Gasteiger partial charge in [0.2, 0.25) is 5.82 Å². The molecule has 0 aliphatic carbocycles. The molecule has 0 saturated heterocycles. The summed E-state index contributed by atoms with van der Waals surface area (Å²) in [6.45, 7) is 0.693. The van der Waals surface area contributed by atoms with E-state index in [2.05, 4.69) is 21.2 Å². The second-order valence-corrected chi connectivity index (χ2v) is 5.23. The fourth-order valence-corrected chi connectivity index (χ4v) is 2.09. The molecule has 116 valence electrons. The molecule has 2 rings (SSSR count). The maximum Gasteiger partial charge on any atom is 0.327 e. The van der Waals surface area contributed by atoms with Crippen LogP contribution < -0.4 is 10.1 Å². The molecule has 2 aromatic carbocycles. The van der Waals surface area contributed by atoms with Crippen LogP contribution in [0.2, 0.25) is 0 Å². The van der Waals surface area contributed by atoms with Gasteiger partial charge >= 0.3 is 5.69 Å². The van der Waals surface area contributed by atoms with Crippen LogP contribution in [0.15, 0.2) is 42.5 Å². The van der Waals surface area contributed by atoms with Crippen molar-refractivity contribution in [3.63, 3.8) is 0 Å². The second kappa shape index (κ2) is 7.74. The summed E-state index contributed by atoms with van der Waals surface area (Å²) in [6.07, 6.45) is 0. The van der Waals surface area contributed by atoms with Crippen molar-refractivity contribution in [2.45, 2.75) is 6.54 Å². The summed E-state index contributed by atoms with van der Waals surface area (Å²) in [7, 11) is 0. The third-order valence-electron chi connectivity index (χ3n) is 2.89. The number of nitrogens with one attached hydrogen (secondary N) is 1. The highest BCUT2D eigenvalue weighted by molar-refractivity contribution is 9.09. The van der Waals surface area contributed by atoms with Crippen LogP contribution in [0, 0.1) is 15.9 Å². The Bertz CT molecular complexity index is 653. The lowest BCUT2D eigenvalue weighted by atomic mass is 10.2. The van der Waals surface area contributed by atoms with Crippen LogP contribution in [0.4, 0.5) is 15.8 Å². The van der Waals surface area contributed by atoms with Gasteiger partial charge in [-0.05, 0) is 5.56 Å². The largest absolute Gasteiger partial charge is 0.493 e. The van der Waals surface area contributed by atoms with Gasteiger partial charge in [0.25, 0.3) is 0 Å². The first-order valence-electron chi connectivity index (χ1n) is 6.56. The minimum atomic E-state index is -0.923. The Morgan fingerprint density at radius 1 is 1.27 bits per heavy atom. The zero-order chi connectivity index (χ0) is 15.9. The molecule has 0 spiro atoms. The van der Waals surface area contributed by atoms with Crippen LogP contribution in [0.5, 0.6) is 5.75 Å². The number of nitro benzene ring substituents is 1. The Morgan fingerprint density at radius 2 is 2.00 bits per heavy atom. The van der Waals surface area contributed by atoms with Gasteiger partial charge in [-0.1, -0.05) is 46.3 Å². The zero-order valence-corrected chi connectivity index (χ0v) is 13.2. The van der Waals surface area contributed by atoms with Crippen molar-refractivity contribution in [3.8, 4) is 5.75 Å². The molecule has 0 bridgehead atoms. The van der Waals surface area contributed by atoms with Crippen LogP contribution in [0.25, 0.3) is 0 Å². The van der Waals surface area contributed by atoms with Crippen molar-refractivity contribution in [1.82, 2.24) is 0 Å². The zero-order valence-electron chi connectivity index (χ0n) is 11.6. The van der Waals surface area contributed by atoms with E-state index < -0.39 is 16.4 Å². The number of halogens is 2. The molecular weight excluding hydrogens is 355 g/mol. The first-order chi connectivity index (χ1) is 10.6. The monoisotopic (exact) mass is 368 g/mol. The number of benzene rings is 2. The lowest BCUT2D eigenvalue weighted by molar-refractivity contribution is -0.386. The molecule has 0 saturated carbocycles. The number of alkyl halides is 1. The summed E-state index contributed by atoms with van der Waals surface area (Å²) in [5.74, 6) is -0.675. The van der Waals surface area contributed by atoms with E-state index in [0.29, 0.717) is 18.5 Å². The van der Waals surface area contributed by atoms with E-state index in [-0.39, 0.29) is 11.4 Å². The Labute approximate surface area is 135 Å². The van der Waals surface area contributed by atoms with Crippen LogP contribution in [0.1, 0.15) is 5.56 Å². The summed E-state index contributed by atoms with van der Waals surface area (Å²) < 4.78 is 19.3. The molecule has 22 heavy (non-hydrogen) atoms. The molecule has 0 radical (unpaired) electrons. The molecule has 0 amide bonds. The summed E-state index contributed by atoms with van der Waals surface area (Å²) in [4.78, 5) is 10.3. The molecular formula is C15H14BrFN2O3. The normalized spacial score (nSPS) is 10.3. The van der Waals surface area contributed by atoms with Crippen molar-refractivity contribution in [2.24, 2.45) is 0 Å². The number of nitrogens with zero attached hydrogens (tertiary/aromatic N) is 1. The van der Waals surface area contributed by atoms with Crippen molar-refractivity contribution < 1.29 is 14.1 Å². The highest BCUT2D eigenvalue weighted by Crippen LogP contribution is 2.32. The molecule has 5 nitrogen and oxygen atoms in total. The van der Waals surface area contributed by atoms with Crippen LogP contribution in [-0.2, 0) is 6.54 Å². The minimum absolute atomic E-state index is 0.0958. The SMILES string of the molecule is O=[N+]([O-])c1c(F)cc(OCCBr)cc1NCc1ccccc1. The molecule has 0 atom stereocenters. The van der Waals surface area contributed by atoms with Gasteiger partial charge < -0.3 is 10.1 Å². The molecule has 0 unspecified atom stereocenters. The van der Waals surface area contributed by atoms with Gasteiger partial charge in [0, 0.05) is 24.0 Å². The standard InChI is InChI=1S/C15H14BrFN2O3/c16-6-7-22-12-8-13(17)15(19(20)21)14(9-12)18-10-11-4-2-1-3-5-11/h1-5,8-9,18H,6-7,10H2. The highest BCUT2D eigenvalue weighted by Gasteiger charge is 2.22. The molecule has 0 aromatic heterocycles. The fraction of sp³-hybridized carbons (Fsp3) is 0.200. The third kappa shape index (κ3) is 4.17. The van der Waals surface area contributed by atoms with E-state index >= 15 is 0 Å². The minimum Gasteiger partial charge on any atom is -0.493 e. The van der Waals surface area contributed by atoms with E-state index in [1.54, 1.807) is 0 Å². The highest BCUT2D eigenvalue weighted by atomic mass is 79.9. The maximum absolute atomic E-state index is 13.9. The molecule has 0 heterocycles. The Balaban J connectivity index is 2.25. The van der Waals surface area contributed by atoms with Gasteiger partial charge in [0.05, 0.1) is 11.5 Å². The number of rotatable bonds is 7. The number of hydrogen-bond donors (Lipinski definition) is 1. The Hall–Kier alpha value is -2.15. The Kier molecular flexibility index (Phi) is 5.71. The van der Waals surface area contributed by atoms with Crippen molar-refractivity contribution in [3.05, 3.63) is 64.0 Å². The van der Waals surface area contributed by atoms with Crippen LogP contribution in [0.3, 0.4) is 0 Å². The van der Waals surface area contributed by atoms with Gasteiger partial charge in [0.1, 0.15) is 11.4 Å². The second-order valence-electron chi connectivity index (χ2n) is 4.43. The number of anilines is 1. The molecule has 1 N–H and O–H groups in total. The summed E-state index contributed by atoms with van der Waals surface area (Å²) in [5, 5.41) is 14.5. The van der Waals surface area contributed by atoms with Crippen molar-refractivity contribution in [1.29, 1.82) is 0 Å². The van der Waals surface area contributed by atoms with E-state index in [4.69, 9.17) is 4.74 Å². The molecule has 0 aliphatic heterocycles. The molecule has 7 heteroatoms. The van der Waals surface area contributed by atoms with Crippen LogP contribution in [-0.4, -0.2) is 16.9 Å². The quantitative estimate of drug-likeness (QED) is 0.453. The summed E-state index contributed by atoms with van der Waals surface area (Å²) >= 11 is 3.20. The van der Waals surface area contributed by atoms with E-state index in [0.717, 1.165) is 11.6 Å². The predicted octanol–water partition coefficient (Wildman–Crippen LogP) is 4.12. The van der Waals surface area contributed by atoms with Gasteiger partial charge in [-0.2, -0.15) is 4.39 Å². The van der Waals surface area contributed by atoms with Gasteiger partial charge in [-0.15, -0.1) is 0 Å². The molecule has 0 fully saturated rings. The van der Waals surface area contributed by atoms with Crippen LogP contribution >= 0.6 is 15.9 Å². The first kappa shape index (κ1) is 16.2. The Morgan fingerprint density at radius 3 is 2.64 bits per heavy atom. The fourth-order valence-electron chi connectivity index (χ4n) is 1.93. The van der Waals surface area contributed by atoms with Gasteiger partial charge in [-0.3, -0.25) is 10.1 Å². The van der Waals surface area contributed by atoms with E-state index in [9.17, 15) is 14.5 Å². The maximum atomic E-state index is 13.9. The van der Waals surface area contributed by atoms with Gasteiger partial charge in [-0.25, -0.2) is 0 Å². The van der Waals surface area contributed by atoms with Crippen molar-refractivity contribution >= 4 is 27.3 Å². The van der Waals surface area contributed by atoms with Gasteiger partial charge in [0.15, 0.2) is 0 Å². The number of nitro groups is 1. The predicted molar refractivity (Wildman–Crippen MR) is 86.1 cm³/mol. The van der Waals surface area contributed by atoms with E-state index in [1.807, 2.05) is 30.3 Å². The number of hydrogen-bond acceptors (Lipinski definition) is 4. The summed E-state index contributed by atoms with van der Waals surface area (Å²) in [6, 6.07) is 11.8. The average Bonchev–Trinajstić information content (AvgIpc) is 2.51. The van der Waals surface area contributed by atoms with E-state index in [1.165, 1.54) is 6.07 Å². The third-order valence-corrected chi connectivity index (χ3v) is 3.21. The first-order valence-corrected chi connectivity index (χ1v) is 7.68. The lowest BCUT2D eigenvalue weighted by Gasteiger charge is -2.11. The average molecular weight is 369 g/mol.